The van der Waals surface area contributed by atoms with Crippen LogP contribution < -0.4 is 16.0 Å². The van der Waals surface area contributed by atoms with Gasteiger partial charge in [-0.1, -0.05) is 56.3 Å². The van der Waals surface area contributed by atoms with E-state index in [9.17, 15) is 9.59 Å². The SMILES string of the molecule is CC(C)c1ccc([C@@H](NC(=O)C2CC2)c2ccccc2NC(=O)[C@@H]2CCN2)cc1. The summed E-state index contributed by atoms with van der Waals surface area (Å²) in [5.74, 6) is 0.634. The van der Waals surface area contributed by atoms with Crippen LogP contribution in [0.4, 0.5) is 5.69 Å². The highest BCUT2D eigenvalue weighted by Gasteiger charge is 2.32. The first-order valence-corrected chi connectivity index (χ1v) is 10.6. The Labute approximate surface area is 172 Å². The average molecular weight is 392 g/mol. The van der Waals surface area contributed by atoms with E-state index >= 15 is 0 Å². The Morgan fingerprint density at radius 1 is 0.931 bits per heavy atom. The molecule has 0 radical (unpaired) electrons. The maximum Gasteiger partial charge on any atom is 0.241 e. The van der Waals surface area contributed by atoms with Gasteiger partial charge in [-0.05, 0) is 48.9 Å². The molecule has 2 atom stereocenters. The molecular weight excluding hydrogens is 362 g/mol. The van der Waals surface area contributed by atoms with E-state index in [0.717, 1.165) is 42.6 Å². The third-order valence-corrected chi connectivity index (χ3v) is 5.84. The van der Waals surface area contributed by atoms with Crippen molar-refractivity contribution in [3.05, 3.63) is 65.2 Å². The largest absolute Gasteiger partial charge is 0.345 e. The third-order valence-electron chi connectivity index (χ3n) is 5.84. The number of rotatable bonds is 7. The Balaban J connectivity index is 1.65. The summed E-state index contributed by atoms with van der Waals surface area (Å²) >= 11 is 0. The number of para-hydroxylation sites is 1. The first kappa shape index (κ1) is 19.6. The van der Waals surface area contributed by atoms with Crippen molar-refractivity contribution in [2.75, 3.05) is 11.9 Å². The van der Waals surface area contributed by atoms with Gasteiger partial charge in [0.15, 0.2) is 0 Å². The van der Waals surface area contributed by atoms with Gasteiger partial charge in [0.2, 0.25) is 11.8 Å². The molecule has 2 aromatic carbocycles. The summed E-state index contributed by atoms with van der Waals surface area (Å²) in [6.45, 7) is 5.21. The van der Waals surface area contributed by atoms with Gasteiger partial charge in [0, 0.05) is 17.2 Å². The van der Waals surface area contributed by atoms with E-state index in [-0.39, 0.29) is 29.8 Å². The van der Waals surface area contributed by atoms with Gasteiger partial charge in [-0.25, -0.2) is 0 Å². The van der Waals surface area contributed by atoms with Crippen LogP contribution in [-0.4, -0.2) is 24.4 Å². The van der Waals surface area contributed by atoms with E-state index in [1.807, 2.05) is 24.3 Å². The molecule has 2 aromatic rings. The monoisotopic (exact) mass is 391 g/mol. The van der Waals surface area contributed by atoms with Crippen molar-refractivity contribution in [3.8, 4) is 0 Å². The number of anilines is 1. The maximum absolute atomic E-state index is 12.6. The molecule has 0 spiro atoms. The highest BCUT2D eigenvalue weighted by Crippen LogP contribution is 2.33. The normalized spacial score (nSPS) is 19.3. The molecule has 0 unspecified atom stereocenters. The van der Waals surface area contributed by atoms with E-state index in [1.165, 1.54) is 5.56 Å². The van der Waals surface area contributed by atoms with Crippen LogP contribution in [0.1, 0.15) is 61.8 Å². The second-order valence-corrected chi connectivity index (χ2v) is 8.41. The second-order valence-electron chi connectivity index (χ2n) is 8.41. The van der Waals surface area contributed by atoms with Crippen molar-refractivity contribution >= 4 is 17.5 Å². The van der Waals surface area contributed by atoms with Crippen molar-refractivity contribution in [3.63, 3.8) is 0 Å². The molecule has 3 N–H and O–H groups in total. The molecule has 0 bridgehead atoms. The molecule has 152 valence electrons. The number of carbonyl (C=O) groups excluding carboxylic acids is 2. The lowest BCUT2D eigenvalue weighted by molar-refractivity contribution is -0.122. The van der Waals surface area contributed by atoms with Crippen LogP contribution in [0.2, 0.25) is 0 Å². The Bertz CT molecular complexity index is 883. The first-order valence-electron chi connectivity index (χ1n) is 10.6. The summed E-state index contributed by atoms with van der Waals surface area (Å²) in [7, 11) is 0. The Morgan fingerprint density at radius 2 is 1.59 bits per heavy atom. The Morgan fingerprint density at radius 3 is 2.17 bits per heavy atom. The number of benzene rings is 2. The number of nitrogens with one attached hydrogen (secondary N) is 3. The van der Waals surface area contributed by atoms with Gasteiger partial charge in [-0.2, -0.15) is 0 Å². The minimum atomic E-state index is -0.296. The zero-order valence-corrected chi connectivity index (χ0v) is 17.1. The Hall–Kier alpha value is -2.66. The van der Waals surface area contributed by atoms with Gasteiger partial charge in [-0.15, -0.1) is 0 Å². The lowest BCUT2D eigenvalue weighted by Gasteiger charge is -2.28. The summed E-state index contributed by atoms with van der Waals surface area (Å²) < 4.78 is 0. The molecule has 5 nitrogen and oxygen atoms in total. The lowest BCUT2D eigenvalue weighted by atomic mass is 9.93. The van der Waals surface area contributed by atoms with Gasteiger partial charge in [0.25, 0.3) is 0 Å². The Kier molecular flexibility index (Phi) is 5.67. The first-order chi connectivity index (χ1) is 14.0. The molecule has 5 heteroatoms. The molecule has 1 saturated carbocycles. The van der Waals surface area contributed by atoms with Crippen molar-refractivity contribution < 1.29 is 9.59 Å². The van der Waals surface area contributed by atoms with E-state index in [4.69, 9.17) is 0 Å². The van der Waals surface area contributed by atoms with E-state index in [2.05, 4.69) is 54.1 Å². The highest BCUT2D eigenvalue weighted by atomic mass is 16.2. The molecule has 2 fully saturated rings. The second kappa shape index (κ2) is 8.37. The fraction of sp³-hybridized carbons (Fsp3) is 0.417. The van der Waals surface area contributed by atoms with E-state index in [1.54, 1.807) is 0 Å². The molecule has 0 aromatic heterocycles. The summed E-state index contributed by atoms with van der Waals surface area (Å²) in [5, 5.41) is 9.42. The quantitative estimate of drug-likeness (QED) is 0.674. The van der Waals surface area contributed by atoms with Gasteiger partial charge >= 0.3 is 0 Å². The topological polar surface area (TPSA) is 70.2 Å². The molecular formula is C24H29N3O2. The standard InChI is InChI=1S/C24H29N3O2/c1-15(2)16-7-9-17(10-8-16)22(27-23(28)18-11-12-18)19-5-3-4-6-20(19)26-24(29)21-13-14-25-21/h3-10,15,18,21-22,25H,11-14H2,1-2H3,(H,26,29)(H,27,28)/t21-,22+/m0/s1. The van der Waals surface area contributed by atoms with Crippen LogP contribution in [0.25, 0.3) is 0 Å². The van der Waals surface area contributed by atoms with Gasteiger partial charge < -0.3 is 16.0 Å². The molecule has 1 heterocycles. The minimum absolute atomic E-state index is 0.0221. The molecule has 1 aliphatic heterocycles. The van der Waals surface area contributed by atoms with Crippen LogP contribution in [0.5, 0.6) is 0 Å². The molecule has 2 amide bonds. The molecule has 1 saturated heterocycles. The van der Waals surface area contributed by atoms with Crippen LogP contribution in [-0.2, 0) is 9.59 Å². The summed E-state index contributed by atoms with van der Waals surface area (Å²) in [5.41, 5.74) is 3.94. The predicted molar refractivity (Wildman–Crippen MR) is 115 cm³/mol. The maximum atomic E-state index is 12.6. The number of amides is 2. The van der Waals surface area contributed by atoms with Crippen molar-refractivity contribution in [2.45, 2.75) is 51.1 Å². The third kappa shape index (κ3) is 4.51. The van der Waals surface area contributed by atoms with Crippen molar-refractivity contribution in [1.82, 2.24) is 10.6 Å². The summed E-state index contributed by atoms with van der Waals surface area (Å²) in [4.78, 5) is 25.1. The van der Waals surface area contributed by atoms with E-state index in [0.29, 0.717) is 5.92 Å². The number of carbonyl (C=O) groups is 2. The van der Waals surface area contributed by atoms with Gasteiger partial charge in [0.05, 0.1) is 12.1 Å². The van der Waals surface area contributed by atoms with Gasteiger partial charge in [0.1, 0.15) is 0 Å². The minimum Gasteiger partial charge on any atom is -0.345 e. The zero-order chi connectivity index (χ0) is 20.4. The van der Waals surface area contributed by atoms with Crippen LogP contribution in [0.3, 0.4) is 0 Å². The highest BCUT2D eigenvalue weighted by molar-refractivity contribution is 5.96. The number of hydrogen-bond donors (Lipinski definition) is 3. The molecule has 29 heavy (non-hydrogen) atoms. The van der Waals surface area contributed by atoms with Crippen LogP contribution >= 0.6 is 0 Å². The van der Waals surface area contributed by atoms with Crippen LogP contribution in [0, 0.1) is 5.92 Å². The van der Waals surface area contributed by atoms with Crippen molar-refractivity contribution in [2.24, 2.45) is 5.92 Å². The molecule has 4 rings (SSSR count). The predicted octanol–water partition coefficient (Wildman–Crippen LogP) is 3.73. The van der Waals surface area contributed by atoms with Gasteiger partial charge in [-0.3, -0.25) is 9.59 Å². The lowest BCUT2D eigenvalue weighted by Crippen LogP contribution is -2.51. The van der Waals surface area contributed by atoms with E-state index < -0.39 is 0 Å². The fourth-order valence-corrected chi connectivity index (χ4v) is 3.61. The molecule has 1 aliphatic carbocycles. The summed E-state index contributed by atoms with van der Waals surface area (Å²) in [6.07, 6.45) is 2.76. The number of hydrogen-bond acceptors (Lipinski definition) is 3. The smallest absolute Gasteiger partial charge is 0.241 e. The average Bonchev–Trinajstić information content (AvgIpc) is 3.50. The van der Waals surface area contributed by atoms with Crippen LogP contribution in [0.15, 0.2) is 48.5 Å². The zero-order valence-electron chi connectivity index (χ0n) is 17.1. The molecule has 2 aliphatic rings. The van der Waals surface area contributed by atoms with Crippen molar-refractivity contribution in [1.29, 1.82) is 0 Å². The summed E-state index contributed by atoms with van der Waals surface area (Å²) in [6, 6.07) is 15.7. The fourth-order valence-electron chi connectivity index (χ4n) is 3.61.